The van der Waals surface area contributed by atoms with Crippen molar-refractivity contribution >= 4 is 29.1 Å². The van der Waals surface area contributed by atoms with Crippen LogP contribution in [0.25, 0.3) is 0 Å². The van der Waals surface area contributed by atoms with E-state index in [1.807, 2.05) is 12.1 Å². The van der Waals surface area contributed by atoms with Crippen molar-refractivity contribution in [3.63, 3.8) is 0 Å². The summed E-state index contributed by atoms with van der Waals surface area (Å²) in [5.41, 5.74) is 3.96. The quantitative estimate of drug-likeness (QED) is 0.660. The lowest BCUT2D eigenvalue weighted by atomic mass is 9.99. The van der Waals surface area contributed by atoms with E-state index in [0.717, 1.165) is 37.4 Å². The van der Waals surface area contributed by atoms with Gasteiger partial charge < -0.3 is 20.0 Å². The zero-order chi connectivity index (χ0) is 18.7. The van der Waals surface area contributed by atoms with Crippen LogP contribution in [0.15, 0.2) is 12.1 Å². The molecule has 2 atom stereocenters. The number of carbonyl (C=O) groups excluding carboxylic acids is 3. The number of likely N-dealkylation sites (N-methyl/N-ethyl adjacent to an activating group) is 1. The Balaban J connectivity index is 1.51. The molecule has 2 N–H and O–H groups in total. The Hall–Kier alpha value is -2.61. The molecule has 0 spiro atoms. The van der Waals surface area contributed by atoms with Gasteiger partial charge in [0, 0.05) is 57.3 Å². The van der Waals surface area contributed by atoms with Crippen molar-refractivity contribution in [3.8, 4) is 0 Å². The van der Waals surface area contributed by atoms with Crippen LogP contribution in [-0.2, 0) is 16.1 Å². The fourth-order valence-corrected chi connectivity index (χ4v) is 4.92. The van der Waals surface area contributed by atoms with Crippen molar-refractivity contribution < 1.29 is 14.4 Å². The number of amides is 3. The zero-order valence-corrected chi connectivity index (χ0v) is 15.3. The number of anilines is 2. The maximum atomic E-state index is 13.0. The Labute approximate surface area is 157 Å². The van der Waals surface area contributed by atoms with Gasteiger partial charge in [0.25, 0.3) is 5.91 Å². The highest BCUT2D eigenvalue weighted by Gasteiger charge is 2.42. The second kappa shape index (κ2) is 5.95. The highest BCUT2D eigenvalue weighted by Crippen LogP contribution is 2.43. The first-order chi connectivity index (χ1) is 13.0. The zero-order valence-electron chi connectivity index (χ0n) is 15.3. The normalized spacial score (nSPS) is 27.3. The highest BCUT2D eigenvalue weighted by molar-refractivity contribution is 6.07. The van der Waals surface area contributed by atoms with E-state index in [-0.39, 0.29) is 24.1 Å². The third kappa shape index (κ3) is 2.43. The smallest absolute Gasteiger partial charge is 0.255 e. The Kier molecular flexibility index (Phi) is 3.65. The molecular formula is C19H23N5O3. The third-order valence-electron chi connectivity index (χ3n) is 6.19. The number of carbonyl (C=O) groups is 3. The van der Waals surface area contributed by atoms with Gasteiger partial charge in [-0.3, -0.25) is 19.7 Å². The molecule has 0 saturated carbocycles. The van der Waals surface area contributed by atoms with Gasteiger partial charge in [0.05, 0.1) is 17.4 Å². The molecule has 2 saturated heterocycles. The number of piperidine rings is 1. The molecule has 2 fully saturated rings. The molecule has 4 aliphatic rings. The fraction of sp³-hybridized carbons (Fsp3) is 0.526. The Bertz CT molecular complexity index is 854. The van der Waals surface area contributed by atoms with E-state index in [2.05, 4.69) is 27.5 Å². The number of imide groups is 1. The summed E-state index contributed by atoms with van der Waals surface area (Å²) < 4.78 is 0. The van der Waals surface area contributed by atoms with Gasteiger partial charge in [-0.15, -0.1) is 0 Å². The minimum Gasteiger partial charge on any atom is -0.371 e. The van der Waals surface area contributed by atoms with E-state index >= 15 is 0 Å². The first-order valence-electron chi connectivity index (χ1n) is 9.53. The Morgan fingerprint density at radius 1 is 1.15 bits per heavy atom. The largest absolute Gasteiger partial charge is 0.371 e. The van der Waals surface area contributed by atoms with Crippen LogP contribution < -0.4 is 20.4 Å². The molecule has 5 rings (SSSR count). The van der Waals surface area contributed by atoms with Gasteiger partial charge in [-0.2, -0.15) is 0 Å². The molecule has 1 aromatic rings. The van der Waals surface area contributed by atoms with Crippen molar-refractivity contribution in [1.29, 1.82) is 0 Å². The Morgan fingerprint density at radius 2 is 2.00 bits per heavy atom. The summed E-state index contributed by atoms with van der Waals surface area (Å²) in [6, 6.07) is 3.81. The van der Waals surface area contributed by atoms with Crippen LogP contribution in [0.1, 0.15) is 28.8 Å². The van der Waals surface area contributed by atoms with Crippen LogP contribution in [0, 0.1) is 0 Å². The van der Waals surface area contributed by atoms with Crippen molar-refractivity contribution in [3.05, 3.63) is 23.3 Å². The lowest BCUT2D eigenvalue weighted by Crippen LogP contribution is -2.58. The first-order valence-corrected chi connectivity index (χ1v) is 9.53. The van der Waals surface area contributed by atoms with Crippen LogP contribution in [0.3, 0.4) is 0 Å². The standard InChI is InChI=1S/C19H23N5O3/c1-22-9-11-8-20-6-7-23(11)14-3-2-12-13(17(14)22)10-24(19(12)27)15-4-5-16(25)21-18(15)26/h2-3,11,15,20H,4-10H2,1H3,(H,21,25,26)/t11-,15?/m0/s1. The van der Waals surface area contributed by atoms with Crippen molar-refractivity contribution in [1.82, 2.24) is 15.5 Å². The Morgan fingerprint density at radius 3 is 2.81 bits per heavy atom. The van der Waals surface area contributed by atoms with Gasteiger partial charge in [-0.25, -0.2) is 0 Å². The number of fused-ring (bicyclic) bond motifs is 5. The van der Waals surface area contributed by atoms with Crippen molar-refractivity contribution in [2.24, 2.45) is 0 Å². The van der Waals surface area contributed by atoms with Crippen molar-refractivity contribution in [2.45, 2.75) is 31.5 Å². The van der Waals surface area contributed by atoms with Gasteiger partial charge in [-0.05, 0) is 18.6 Å². The molecule has 3 amide bonds. The molecular weight excluding hydrogens is 346 g/mol. The van der Waals surface area contributed by atoms with Gasteiger partial charge in [0.2, 0.25) is 11.8 Å². The first kappa shape index (κ1) is 16.6. The van der Waals surface area contributed by atoms with Gasteiger partial charge in [0.15, 0.2) is 0 Å². The molecule has 0 aliphatic carbocycles. The van der Waals surface area contributed by atoms with E-state index in [9.17, 15) is 14.4 Å². The summed E-state index contributed by atoms with van der Waals surface area (Å²) in [6.45, 7) is 4.20. The van der Waals surface area contributed by atoms with E-state index in [0.29, 0.717) is 24.6 Å². The van der Waals surface area contributed by atoms with E-state index < -0.39 is 6.04 Å². The minimum atomic E-state index is -0.570. The molecule has 0 aromatic heterocycles. The van der Waals surface area contributed by atoms with Crippen LogP contribution in [0.5, 0.6) is 0 Å². The average Bonchev–Trinajstić information content (AvgIpc) is 2.98. The van der Waals surface area contributed by atoms with Gasteiger partial charge >= 0.3 is 0 Å². The molecule has 27 heavy (non-hydrogen) atoms. The summed E-state index contributed by atoms with van der Waals surface area (Å²) in [4.78, 5) is 43.0. The molecule has 1 aromatic carbocycles. The second-order valence-corrected chi connectivity index (χ2v) is 7.79. The minimum absolute atomic E-state index is 0.113. The summed E-state index contributed by atoms with van der Waals surface area (Å²) >= 11 is 0. The lowest BCUT2D eigenvalue weighted by Gasteiger charge is -2.46. The fourth-order valence-electron chi connectivity index (χ4n) is 4.92. The van der Waals surface area contributed by atoms with E-state index in [1.165, 1.54) is 5.69 Å². The van der Waals surface area contributed by atoms with Crippen LogP contribution in [0.4, 0.5) is 11.4 Å². The molecule has 8 heteroatoms. The number of nitrogens with zero attached hydrogens (tertiary/aromatic N) is 3. The van der Waals surface area contributed by atoms with Gasteiger partial charge in [0.1, 0.15) is 6.04 Å². The van der Waals surface area contributed by atoms with Crippen molar-refractivity contribution in [2.75, 3.05) is 43.0 Å². The maximum Gasteiger partial charge on any atom is 0.255 e. The summed E-state index contributed by atoms with van der Waals surface area (Å²) in [7, 11) is 2.07. The number of hydrogen-bond acceptors (Lipinski definition) is 6. The SMILES string of the molecule is CN1C[C@@H]2CNCCN2c2ccc3c(c21)CN(C1CCC(=O)NC1=O)C3=O. The lowest BCUT2D eigenvalue weighted by molar-refractivity contribution is -0.136. The van der Waals surface area contributed by atoms with Crippen LogP contribution in [0.2, 0.25) is 0 Å². The van der Waals surface area contributed by atoms with E-state index in [4.69, 9.17) is 0 Å². The number of piperazine rings is 1. The summed E-state index contributed by atoms with van der Waals surface area (Å²) in [6.07, 6.45) is 0.666. The third-order valence-corrected chi connectivity index (χ3v) is 6.19. The highest BCUT2D eigenvalue weighted by atomic mass is 16.2. The predicted molar refractivity (Wildman–Crippen MR) is 99.8 cm³/mol. The molecule has 1 unspecified atom stereocenters. The molecule has 0 bridgehead atoms. The molecule has 4 heterocycles. The number of hydrogen-bond donors (Lipinski definition) is 2. The second-order valence-electron chi connectivity index (χ2n) is 7.79. The molecule has 4 aliphatic heterocycles. The molecule has 142 valence electrons. The number of benzene rings is 1. The maximum absolute atomic E-state index is 13.0. The topological polar surface area (TPSA) is 85.0 Å². The number of rotatable bonds is 1. The average molecular weight is 369 g/mol. The number of nitrogens with one attached hydrogen (secondary N) is 2. The molecule has 0 radical (unpaired) electrons. The van der Waals surface area contributed by atoms with Crippen LogP contribution >= 0.6 is 0 Å². The monoisotopic (exact) mass is 369 g/mol. The van der Waals surface area contributed by atoms with Gasteiger partial charge in [-0.1, -0.05) is 0 Å². The van der Waals surface area contributed by atoms with Crippen LogP contribution in [-0.4, -0.2) is 67.9 Å². The summed E-state index contributed by atoms with van der Waals surface area (Å²) in [5, 5.41) is 5.82. The molecule has 8 nitrogen and oxygen atoms in total. The summed E-state index contributed by atoms with van der Waals surface area (Å²) in [5.74, 6) is -0.739. The van der Waals surface area contributed by atoms with E-state index in [1.54, 1.807) is 4.90 Å². The predicted octanol–water partition coefficient (Wildman–Crippen LogP) is -0.324.